The van der Waals surface area contributed by atoms with Gasteiger partial charge in [-0.1, -0.05) is 73.4 Å². The molecule has 0 unspecified atom stereocenters. The number of carbonyl (C=O) groups excluding carboxylic acids is 1. The molecule has 42 heavy (non-hydrogen) atoms. The molecule has 220 valence electrons. The van der Waals surface area contributed by atoms with Crippen LogP contribution in [-0.4, -0.2) is 36.5 Å². The molecule has 1 heterocycles. The standard InChI is InChI=1S/C35H39Cl2N3O2/c1-24(2)26-8-12-33(13-9-26)40-16-14-35(15-17-40,42-23-34(41)39-32-20-30(36)19-31(37)21-32)29-10-6-27(7-11-29)28-5-3-4-25(18-28)22-38/h3-7,10-11,18-21,24,26,33H,8-9,12-17,23H2,1-2H3,(H,39,41). The third-order valence-corrected chi connectivity index (χ3v) is 9.60. The fraction of sp³-hybridized carbons (Fsp3) is 0.429. The van der Waals surface area contributed by atoms with Crippen molar-refractivity contribution in [2.24, 2.45) is 11.8 Å². The van der Waals surface area contributed by atoms with E-state index in [1.165, 1.54) is 25.7 Å². The lowest BCUT2D eigenvalue weighted by Gasteiger charge is -2.46. The number of nitrogens with zero attached hydrogens (tertiary/aromatic N) is 2. The number of rotatable bonds is 8. The van der Waals surface area contributed by atoms with Gasteiger partial charge in [0.05, 0.1) is 17.2 Å². The molecule has 3 aromatic rings. The predicted molar refractivity (Wildman–Crippen MR) is 171 cm³/mol. The number of nitrogens with one attached hydrogen (secondary N) is 1. The highest BCUT2D eigenvalue weighted by Crippen LogP contribution is 2.40. The summed E-state index contributed by atoms with van der Waals surface area (Å²) in [5.74, 6) is 1.36. The largest absolute Gasteiger partial charge is 0.360 e. The van der Waals surface area contributed by atoms with Crippen molar-refractivity contribution < 1.29 is 9.53 Å². The summed E-state index contributed by atoms with van der Waals surface area (Å²) in [5, 5.41) is 13.1. The van der Waals surface area contributed by atoms with E-state index in [9.17, 15) is 10.1 Å². The Kier molecular flexibility index (Phi) is 9.91. The number of halogens is 2. The van der Waals surface area contributed by atoms with E-state index in [0.717, 1.165) is 54.5 Å². The maximum atomic E-state index is 13.0. The van der Waals surface area contributed by atoms with Gasteiger partial charge in [-0.2, -0.15) is 5.26 Å². The molecule has 0 bridgehead atoms. The van der Waals surface area contributed by atoms with Gasteiger partial charge < -0.3 is 15.0 Å². The van der Waals surface area contributed by atoms with Crippen LogP contribution in [0.5, 0.6) is 0 Å². The number of piperidine rings is 1. The predicted octanol–water partition coefficient (Wildman–Crippen LogP) is 8.69. The number of hydrogen-bond donors (Lipinski definition) is 1. The van der Waals surface area contributed by atoms with Crippen molar-refractivity contribution in [2.45, 2.75) is 64.0 Å². The lowest BCUT2D eigenvalue weighted by molar-refractivity contribution is -0.136. The zero-order valence-electron chi connectivity index (χ0n) is 24.4. The smallest absolute Gasteiger partial charge is 0.250 e. The number of carbonyl (C=O) groups is 1. The van der Waals surface area contributed by atoms with Gasteiger partial charge in [-0.3, -0.25) is 4.79 Å². The topological polar surface area (TPSA) is 65.4 Å². The molecule has 7 heteroatoms. The fourth-order valence-electron chi connectivity index (χ4n) is 6.66. The van der Waals surface area contributed by atoms with Crippen LogP contribution in [0.2, 0.25) is 10.0 Å². The van der Waals surface area contributed by atoms with Crippen molar-refractivity contribution in [3.05, 3.63) is 87.9 Å². The molecule has 5 rings (SSSR count). The average molecular weight is 605 g/mol. The summed E-state index contributed by atoms with van der Waals surface area (Å²) >= 11 is 12.2. The second-order valence-electron chi connectivity index (χ2n) is 12.1. The highest BCUT2D eigenvalue weighted by atomic mass is 35.5. The maximum absolute atomic E-state index is 13.0. The molecule has 1 aliphatic heterocycles. The summed E-state index contributed by atoms with van der Waals surface area (Å²) in [6, 6.07) is 23.9. The fourth-order valence-corrected chi connectivity index (χ4v) is 7.19. The van der Waals surface area contributed by atoms with E-state index >= 15 is 0 Å². The Labute approximate surface area is 259 Å². The van der Waals surface area contributed by atoms with E-state index in [0.29, 0.717) is 27.3 Å². The monoisotopic (exact) mass is 603 g/mol. The molecule has 1 amide bonds. The van der Waals surface area contributed by atoms with Crippen molar-refractivity contribution in [1.82, 2.24) is 4.90 Å². The van der Waals surface area contributed by atoms with E-state index in [2.05, 4.69) is 54.4 Å². The van der Waals surface area contributed by atoms with E-state index in [-0.39, 0.29) is 12.5 Å². The first kappa shape index (κ1) is 30.6. The quantitative estimate of drug-likeness (QED) is 0.279. The Bertz CT molecular complexity index is 1400. The van der Waals surface area contributed by atoms with Crippen molar-refractivity contribution in [3.63, 3.8) is 0 Å². The van der Waals surface area contributed by atoms with Gasteiger partial charge in [0.25, 0.3) is 0 Å². The molecule has 0 radical (unpaired) electrons. The normalized spacial score (nSPS) is 20.7. The summed E-state index contributed by atoms with van der Waals surface area (Å²) in [6.07, 6.45) is 6.77. The summed E-state index contributed by atoms with van der Waals surface area (Å²) in [4.78, 5) is 15.6. The van der Waals surface area contributed by atoms with Crippen LogP contribution < -0.4 is 5.32 Å². The first-order chi connectivity index (χ1) is 20.2. The van der Waals surface area contributed by atoms with Crippen LogP contribution in [0.1, 0.15) is 63.5 Å². The summed E-state index contributed by atoms with van der Waals surface area (Å²) in [5.41, 5.74) is 3.73. The van der Waals surface area contributed by atoms with Gasteiger partial charge in [0.2, 0.25) is 5.91 Å². The third kappa shape index (κ3) is 7.36. The highest BCUT2D eigenvalue weighted by Gasteiger charge is 2.40. The molecule has 1 saturated carbocycles. The molecule has 0 spiro atoms. The number of likely N-dealkylation sites (tertiary alicyclic amines) is 1. The second kappa shape index (κ2) is 13.6. The minimum atomic E-state index is -0.567. The Morgan fingerprint density at radius 3 is 2.26 bits per heavy atom. The minimum Gasteiger partial charge on any atom is -0.360 e. The van der Waals surface area contributed by atoms with Gasteiger partial charge in [0, 0.05) is 34.9 Å². The van der Waals surface area contributed by atoms with Crippen molar-refractivity contribution in [2.75, 3.05) is 25.0 Å². The van der Waals surface area contributed by atoms with Crippen molar-refractivity contribution >= 4 is 34.8 Å². The molecule has 2 aliphatic rings. The maximum Gasteiger partial charge on any atom is 0.250 e. The van der Waals surface area contributed by atoms with Crippen LogP contribution in [0.4, 0.5) is 5.69 Å². The SMILES string of the molecule is CC(C)C1CCC(N2CCC(OCC(=O)Nc3cc(Cl)cc(Cl)c3)(c3ccc(-c4cccc(C#N)c4)cc3)CC2)CC1. The number of ether oxygens (including phenoxy) is 1. The summed E-state index contributed by atoms with van der Waals surface area (Å²) < 4.78 is 6.57. The molecule has 1 N–H and O–H groups in total. The van der Waals surface area contributed by atoms with E-state index in [4.69, 9.17) is 27.9 Å². The molecule has 1 saturated heterocycles. The van der Waals surface area contributed by atoms with Crippen molar-refractivity contribution in [1.29, 1.82) is 5.26 Å². The molecule has 2 fully saturated rings. The lowest BCUT2D eigenvalue weighted by Crippen LogP contribution is -2.49. The lowest BCUT2D eigenvalue weighted by atomic mass is 9.77. The number of benzene rings is 3. The van der Waals surface area contributed by atoms with Crippen LogP contribution in [0.3, 0.4) is 0 Å². The molecule has 0 atom stereocenters. The van der Waals surface area contributed by atoms with Crippen molar-refractivity contribution in [3.8, 4) is 17.2 Å². The highest BCUT2D eigenvalue weighted by molar-refractivity contribution is 6.35. The Balaban J connectivity index is 1.31. The van der Waals surface area contributed by atoms with Gasteiger partial charge in [-0.25, -0.2) is 0 Å². The second-order valence-corrected chi connectivity index (χ2v) is 13.0. The molecule has 3 aromatic carbocycles. The average Bonchev–Trinajstić information content (AvgIpc) is 3.00. The van der Waals surface area contributed by atoms with Gasteiger partial charge >= 0.3 is 0 Å². The van der Waals surface area contributed by atoms with Crippen LogP contribution in [0.15, 0.2) is 66.7 Å². The van der Waals surface area contributed by atoms with Crippen LogP contribution in [0.25, 0.3) is 11.1 Å². The number of amides is 1. The summed E-state index contributed by atoms with van der Waals surface area (Å²) in [7, 11) is 0. The van der Waals surface area contributed by atoms with Crippen LogP contribution in [-0.2, 0) is 15.1 Å². The molecular formula is C35H39Cl2N3O2. The Morgan fingerprint density at radius 2 is 1.64 bits per heavy atom. The first-order valence-electron chi connectivity index (χ1n) is 15.0. The van der Waals surface area contributed by atoms with Gasteiger partial charge in [0.15, 0.2) is 0 Å². The number of anilines is 1. The van der Waals surface area contributed by atoms with Gasteiger partial charge in [-0.05, 0) is 97.4 Å². The van der Waals surface area contributed by atoms with Gasteiger partial charge in [-0.15, -0.1) is 0 Å². The van der Waals surface area contributed by atoms with E-state index < -0.39 is 5.60 Å². The zero-order chi connectivity index (χ0) is 29.7. The van der Waals surface area contributed by atoms with Crippen LogP contribution >= 0.6 is 23.2 Å². The summed E-state index contributed by atoms with van der Waals surface area (Å²) in [6.45, 7) is 6.50. The van der Waals surface area contributed by atoms with E-state index in [1.807, 2.05) is 24.3 Å². The molecular weight excluding hydrogens is 565 g/mol. The van der Waals surface area contributed by atoms with Crippen LogP contribution in [0, 0.1) is 23.2 Å². The Morgan fingerprint density at radius 1 is 0.976 bits per heavy atom. The number of nitriles is 1. The minimum absolute atomic E-state index is 0.0738. The zero-order valence-corrected chi connectivity index (χ0v) is 25.9. The third-order valence-electron chi connectivity index (χ3n) is 9.17. The molecule has 0 aromatic heterocycles. The number of hydrogen-bond acceptors (Lipinski definition) is 4. The van der Waals surface area contributed by atoms with Gasteiger partial charge in [0.1, 0.15) is 6.61 Å². The molecule has 1 aliphatic carbocycles. The van der Waals surface area contributed by atoms with E-state index in [1.54, 1.807) is 18.2 Å². The first-order valence-corrected chi connectivity index (χ1v) is 15.8. The Hall–Kier alpha value is -2.88. The molecule has 5 nitrogen and oxygen atoms in total.